The molecule has 0 bridgehead atoms. The standard InChI is InChI=1S/C22H15NO5S.2C10H18O4/c1-11(29)23-12-2-5-15(18(8-12)22(26)27)21-16-6-3-13(24)9-19(16)28-20-10-14(25)4-7-17(20)21;2*1-5-6(2)8(9(11)12)14-10(13-4)7(5)3/h2-10,24H,1H3,(H,23,29)(H,26,27);2*5-8,10H,1-4H3,(H,11,12)/t;2*5-,6-,7?,8?,10-/m.11/s1. The van der Waals surface area contributed by atoms with E-state index in [4.69, 9.17) is 45.8 Å². The molecule has 1 aliphatic carbocycles. The highest BCUT2D eigenvalue weighted by molar-refractivity contribution is 7.80. The Bertz CT molecular complexity index is 2070. The van der Waals surface area contributed by atoms with Crippen molar-refractivity contribution in [2.24, 2.45) is 35.5 Å². The van der Waals surface area contributed by atoms with Crippen LogP contribution in [-0.4, -0.2) is 82.3 Å². The monoisotopic (exact) mass is 809 g/mol. The van der Waals surface area contributed by atoms with Crippen molar-refractivity contribution in [3.63, 3.8) is 0 Å². The molecule has 2 aromatic carbocycles. The van der Waals surface area contributed by atoms with Crippen molar-refractivity contribution in [3.8, 4) is 28.2 Å². The molecule has 6 rings (SSSR count). The molecule has 3 heterocycles. The van der Waals surface area contributed by atoms with Crippen LogP contribution in [0, 0.1) is 35.5 Å². The third kappa shape index (κ3) is 10.1. The van der Waals surface area contributed by atoms with Gasteiger partial charge in [0.1, 0.15) is 17.1 Å². The number of ether oxygens (including phenoxy) is 4. The molecule has 0 radical (unpaired) electrons. The number of carbonyl (C=O) groups is 3. The lowest BCUT2D eigenvalue weighted by atomic mass is 9.79. The smallest absolute Gasteiger partial charge is 0.336 e. The minimum atomic E-state index is -1.10. The van der Waals surface area contributed by atoms with E-state index in [0.29, 0.717) is 44.1 Å². The van der Waals surface area contributed by atoms with Crippen LogP contribution in [0.3, 0.4) is 0 Å². The average molecular weight is 810 g/mol. The number of phenols is 1. The highest BCUT2D eigenvalue weighted by Gasteiger charge is 2.43. The van der Waals surface area contributed by atoms with Gasteiger partial charge < -0.3 is 49.1 Å². The summed E-state index contributed by atoms with van der Waals surface area (Å²) in [5.41, 5.74) is 2.39. The zero-order valence-electron chi connectivity index (χ0n) is 33.3. The van der Waals surface area contributed by atoms with Gasteiger partial charge in [0.15, 0.2) is 30.2 Å². The largest absolute Gasteiger partial charge is 0.508 e. The van der Waals surface area contributed by atoms with Crippen LogP contribution in [-0.2, 0) is 28.5 Å². The molecule has 2 saturated heterocycles. The zero-order chi connectivity index (χ0) is 42.5. The topological polar surface area (TPSA) is 211 Å². The second-order valence-electron chi connectivity index (χ2n) is 14.7. The number of aromatic hydroxyl groups is 1. The number of carboxylic acid groups (broad SMARTS) is 3. The van der Waals surface area contributed by atoms with Gasteiger partial charge in [0.25, 0.3) is 0 Å². The summed E-state index contributed by atoms with van der Waals surface area (Å²) in [6.07, 6.45) is -2.29. The van der Waals surface area contributed by atoms with Crippen LogP contribution in [0.25, 0.3) is 33.4 Å². The van der Waals surface area contributed by atoms with E-state index in [0.717, 1.165) is 0 Å². The molecule has 0 spiro atoms. The van der Waals surface area contributed by atoms with Crippen LogP contribution < -0.4 is 10.7 Å². The SMILES string of the molecule is CC(=S)Nc1ccc(-c2c3ccc(=O)cc-3oc3cc(O)ccc23)c(C(=O)O)c1.CO[C@@H]1OC(C(=O)O)[C@H](C)[C@@H](C)C1C.CO[C@@H]1OC(C(=O)O)[C@H](C)[C@@H](C)C1C. The van der Waals surface area contributed by atoms with Crippen molar-refractivity contribution in [1.82, 2.24) is 0 Å². The Morgan fingerprint density at radius 2 is 1.23 bits per heavy atom. The lowest BCUT2D eigenvalue weighted by molar-refractivity contribution is -0.240. The number of carboxylic acids is 3. The van der Waals surface area contributed by atoms with E-state index < -0.39 is 42.7 Å². The molecule has 14 nitrogen and oxygen atoms in total. The summed E-state index contributed by atoms with van der Waals surface area (Å²) < 4.78 is 26.8. The highest BCUT2D eigenvalue weighted by Crippen LogP contribution is 2.42. The second kappa shape index (κ2) is 19.0. The summed E-state index contributed by atoms with van der Waals surface area (Å²) >= 11 is 5.04. The Morgan fingerprint density at radius 3 is 1.70 bits per heavy atom. The predicted molar refractivity (Wildman–Crippen MR) is 217 cm³/mol. The van der Waals surface area contributed by atoms with Gasteiger partial charge in [0, 0.05) is 60.4 Å². The first-order chi connectivity index (χ1) is 26.8. The Hall–Kier alpha value is -4.93. The lowest BCUT2D eigenvalue weighted by Crippen LogP contribution is -2.48. The van der Waals surface area contributed by atoms with Crippen LogP contribution in [0.15, 0.2) is 63.8 Å². The summed E-state index contributed by atoms with van der Waals surface area (Å²) in [6, 6.07) is 13.9. The summed E-state index contributed by atoms with van der Waals surface area (Å²) in [5.74, 6) is -1.54. The lowest BCUT2D eigenvalue weighted by Gasteiger charge is -2.41. The fourth-order valence-corrected chi connectivity index (χ4v) is 7.38. The van der Waals surface area contributed by atoms with Gasteiger partial charge >= 0.3 is 17.9 Å². The number of aromatic carboxylic acids is 1. The maximum Gasteiger partial charge on any atom is 0.336 e. The Labute approximate surface area is 336 Å². The normalized spacial score (nSPS) is 27.0. The van der Waals surface area contributed by atoms with Crippen molar-refractivity contribution in [2.75, 3.05) is 19.5 Å². The minimum absolute atomic E-state index is 0.000655. The minimum Gasteiger partial charge on any atom is -0.508 e. The molecular weight excluding hydrogens is 759 g/mol. The van der Waals surface area contributed by atoms with Crippen molar-refractivity contribution in [1.29, 1.82) is 0 Å². The van der Waals surface area contributed by atoms with Crippen LogP contribution in [0.5, 0.6) is 5.75 Å². The van der Waals surface area contributed by atoms with Crippen LogP contribution in [0.1, 0.15) is 58.8 Å². The molecule has 0 saturated carbocycles. The number of phenolic OH excluding ortho intramolecular Hbond substituents is 1. The van der Waals surface area contributed by atoms with Crippen molar-refractivity contribution < 1.29 is 58.2 Å². The number of rotatable bonds is 7. The first kappa shape index (κ1) is 44.8. The maximum atomic E-state index is 12.0. The molecule has 308 valence electrons. The van der Waals surface area contributed by atoms with Crippen LogP contribution >= 0.6 is 12.2 Å². The number of fused-ring (bicyclic) bond motifs is 2. The van der Waals surface area contributed by atoms with Gasteiger partial charge in [-0.05, 0) is 72.6 Å². The molecular formula is C42H51NO13S. The average Bonchev–Trinajstić information content (AvgIpc) is 3.15. The van der Waals surface area contributed by atoms with Crippen LogP contribution in [0.2, 0.25) is 0 Å². The number of nitrogens with one attached hydrogen (secondary N) is 1. The molecule has 0 aromatic heterocycles. The van der Waals surface area contributed by atoms with Gasteiger partial charge in [-0.25, -0.2) is 14.4 Å². The van der Waals surface area contributed by atoms with E-state index in [9.17, 15) is 29.4 Å². The molecule has 4 unspecified atom stereocenters. The number of aliphatic carboxylic acids is 2. The van der Waals surface area contributed by atoms with Gasteiger partial charge in [-0.3, -0.25) is 4.79 Å². The van der Waals surface area contributed by atoms with Gasteiger partial charge in [-0.2, -0.15) is 0 Å². The Balaban J connectivity index is 0.000000215. The van der Waals surface area contributed by atoms with E-state index >= 15 is 0 Å². The molecule has 3 aliphatic heterocycles. The molecule has 5 N–H and O–H groups in total. The first-order valence-corrected chi connectivity index (χ1v) is 18.9. The third-order valence-electron chi connectivity index (χ3n) is 11.2. The summed E-state index contributed by atoms with van der Waals surface area (Å²) in [7, 11) is 3.09. The summed E-state index contributed by atoms with van der Waals surface area (Å²) in [5, 5.41) is 41.1. The number of hydrogen-bond donors (Lipinski definition) is 5. The predicted octanol–water partition coefficient (Wildman–Crippen LogP) is 7.43. The number of thiocarbonyl (C=S) groups is 1. The van der Waals surface area contributed by atoms with E-state index in [-0.39, 0.29) is 52.2 Å². The Kier molecular flexibility index (Phi) is 14.9. The van der Waals surface area contributed by atoms with Crippen LogP contribution in [0.4, 0.5) is 5.69 Å². The van der Waals surface area contributed by atoms with E-state index in [1.165, 1.54) is 30.3 Å². The molecule has 10 atom stereocenters. The first-order valence-electron chi connectivity index (χ1n) is 18.5. The van der Waals surface area contributed by atoms with Gasteiger partial charge in [0.2, 0.25) is 0 Å². The molecule has 4 aliphatic rings. The van der Waals surface area contributed by atoms with E-state index in [2.05, 4.69) is 5.32 Å². The molecule has 15 heteroatoms. The molecule has 2 aromatic rings. The summed E-state index contributed by atoms with van der Waals surface area (Å²) in [4.78, 5) is 46.2. The van der Waals surface area contributed by atoms with Crippen molar-refractivity contribution in [3.05, 3.63) is 70.4 Å². The van der Waals surface area contributed by atoms with Gasteiger partial charge in [-0.1, -0.05) is 59.8 Å². The molecule has 0 amide bonds. The molecule has 2 fully saturated rings. The highest BCUT2D eigenvalue weighted by atomic mass is 32.1. The van der Waals surface area contributed by atoms with Gasteiger partial charge in [0.05, 0.1) is 10.6 Å². The summed E-state index contributed by atoms with van der Waals surface area (Å²) in [6.45, 7) is 13.6. The van der Waals surface area contributed by atoms with Crippen molar-refractivity contribution >= 4 is 51.8 Å². The Morgan fingerprint density at radius 1 is 0.702 bits per heavy atom. The number of methoxy groups -OCH3 is 2. The quantitative estimate of drug-likeness (QED) is 0.0908. The number of anilines is 1. The van der Waals surface area contributed by atoms with Gasteiger partial charge in [-0.15, -0.1) is 0 Å². The number of benzene rings is 3. The fraction of sp³-hybridized carbons (Fsp3) is 0.452. The van der Waals surface area contributed by atoms with E-state index in [1.807, 2.05) is 41.5 Å². The molecule has 57 heavy (non-hydrogen) atoms. The third-order valence-corrected chi connectivity index (χ3v) is 11.3. The van der Waals surface area contributed by atoms with Crippen molar-refractivity contribution in [2.45, 2.75) is 73.3 Å². The van der Waals surface area contributed by atoms with E-state index in [1.54, 1.807) is 45.4 Å². The number of hydrogen-bond acceptors (Lipinski definition) is 11. The zero-order valence-corrected chi connectivity index (χ0v) is 34.2. The second-order valence-corrected chi connectivity index (χ2v) is 15.3. The fourth-order valence-electron chi connectivity index (χ4n) is 7.27. The maximum absolute atomic E-state index is 12.0.